The second kappa shape index (κ2) is 10.9. The Morgan fingerprint density at radius 3 is 2.42 bits per heavy atom. The molecule has 0 N–H and O–H groups in total. The van der Waals surface area contributed by atoms with Crippen LogP contribution in [0.4, 0.5) is 0 Å². The van der Waals surface area contributed by atoms with Crippen molar-refractivity contribution in [2.45, 2.75) is 31.8 Å². The average Bonchev–Trinajstić information content (AvgIpc) is 3.20. The molecule has 1 amide bonds. The van der Waals surface area contributed by atoms with Crippen LogP contribution in [0.15, 0.2) is 76.6 Å². The SMILES string of the molecule is COCCn1c(=NC(=O)c2ccc(S(=O)(=O)N(C)Cc3ccccc3)cc2)sc2cc(C)cc(C)c21. The number of rotatable bonds is 8. The molecule has 0 saturated carbocycles. The first-order chi connectivity index (χ1) is 17.2. The lowest BCUT2D eigenvalue weighted by atomic mass is 10.1. The fourth-order valence-corrected chi connectivity index (χ4v) is 6.48. The summed E-state index contributed by atoms with van der Waals surface area (Å²) in [4.78, 5) is 18.1. The predicted molar refractivity (Wildman–Crippen MR) is 143 cm³/mol. The van der Waals surface area contributed by atoms with Crippen molar-refractivity contribution in [1.29, 1.82) is 0 Å². The van der Waals surface area contributed by atoms with Crippen LogP contribution in [0.3, 0.4) is 0 Å². The number of sulfonamides is 1. The number of hydrogen-bond donors (Lipinski definition) is 0. The van der Waals surface area contributed by atoms with Crippen LogP contribution in [0.1, 0.15) is 27.0 Å². The highest BCUT2D eigenvalue weighted by Gasteiger charge is 2.21. The van der Waals surface area contributed by atoms with Crippen molar-refractivity contribution in [3.8, 4) is 0 Å². The zero-order chi connectivity index (χ0) is 25.9. The van der Waals surface area contributed by atoms with Crippen LogP contribution in [0.5, 0.6) is 0 Å². The van der Waals surface area contributed by atoms with Crippen molar-refractivity contribution in [3.05, 3.63) is 93.8 Å². The molecule has 0 atom stereocenters. The van der Waals surface area contributed by atoms with Crippen molar-refractivity contribution < 1.29 is 17.9 Å². The number of benzene rings is 3. The molecule has 4 rings (SSSR count). The Bertz CT molecular complexity index is 1550. The summed E-state index contributed by atoms with van der Waals surface area (Å²) in [5, 5.41) is 0. The van der Waals surface area contributed by atoms with Gasteiger partial charge in [-0.25, -0.2) is 8.42 Å². The molecule has 0 bridgehead atoms. The highest BCUT2D eigenvalue weighted by Crippen LogP contribution is 2.23. The maximum atomic E-state index is 13.0. The maximum absolute atomic E-state index is 13.0. The smallest absolute Gasteiger partial charge is 0.279 e. The van der Waals surface area contributed by atoms with E-state index in [9.17, 15) is 13.2 Å². The van der Waals surface area contributed by atoms with Crippen LogP contribution in [0.2, 0.25) is 0 Å². The van der Waals surface area contributed by atoms with Crippen LogP contribution in [0.25, 0.3) is 10.2 Å². The van der Waals surface area contributed by atoms with Gasteiger partial charge in [-0.3, -0.25) is 4.79 Å². The zero-order valence-corrected chi connectivity index (χ0v) is 22.4. The number of aryl methyl sites for hydroxylation is 2. The number of ether oxygens (including phenoxy) is 1. The Balaban J connectivity index is 1.63. The molecule has 188 valence electrons. The first kappa shape index (κ1) is 26.0. The molecule has 1 aromatic heterocycles. The van der Waals surface area contributed by atoms with Gasteiger partial charge in [-0.1, -0.05) is 47.7 Å². The fraction of sp³-hybridized carbons (Fsp3) is 0.259. The number of carbonyl (C=O) groups excluding carboxylic acids is 1. The number of hydrogen-bond acceptors (Lipinski definition) is 5. The summed E-state index contributed by atoms with van der Waals surface area (Å²) < 4.78 is 35.7. The lowest BCUT2D eigenvalue weighted by Gasteiger charge is -2.17. The monoisotopic (exact) mass is 523 g/mol. The highest BCUT2D eigenvalue weighted by atomic mass is 32.2. The molecule has 3 aromatic carbocycles. The summed E-state index contributed by atoms with van der Waals surface area (Å²) in [6.07, 6.45) is 0. The third-order valence-electron chi connectivity index (χ3n) is 5.89. The Kier molecular flexibility index (Phi) is 7.85. The molecular formula is C27H29N3O4S2. The van der Waals surface area contributed by atoms with Gasteiger partial charge >= 0.3 is 0 Å². The zero-order valence-electron chi connectivity index (χ0n) is 20.8. The quantitative estimate of drug-likeness (QED) is 0.340. The number of fused-ring (bicyclic) bond motifs is 1. The Morgan fingerprint density at radius 2 is 1.75 bits per heavy atom. The van der Waals surface area contributed by atoms with E-state index in [-0.39, 0.29) is 11.4 Å². The van der Waals surface area contributed by atoms with Gasteiger partial charge in [0.1, 0.15) is 0 Å². The van der Waals surface area contributed by atoms with E-state index in [4.69, 9.17) is 4.74 Å². The van der Waals surface area contributed by atoms with Gasteiger partial charge in [0.05, 0.1) is 21.7 Å². The largest absolute Gasteiger partial charge is 0.383 e. The topological polar surface area (TPSA) is 81.0 Å². The number of nitrogens with zero attached hydrogens (tertiary/aromatic N) is 3. The molecule has 4 aromatic rings. The fourth-order valence-electron chi connectivity index (χ4n) is 4.09. The summed E-state index contributed by atoms with van der Waals surface area (Å²) in [5.41, 5.74) is 4.51. The number of aromatic nitrogens is 1. The minimum Gasteiger partial charge on any atom is -0.383 e. The van der Waals surface area contributed by atoms with Crippen LogP contribution in [0, 0.1) is 13.8 Å². The van der Waals surface area contributed by atoms with E-state index in [1.807, 2.05) is 48.7 Å². The highest BCUT2D eigenvalue weighted by molar-refractivity contribution is 7.89. The second-order valence-corrected chi connectivity index (χ2v) is 11.7. The number of thiazole rings is 1. The second-order valence-electron chi connectivity index (χ2n) is 8.65. The number of amides is 1. The molecule has 0 fully saturated rings. The van der Waals surface area contributed by atoms with Gasteiger partial charge in [-0.05, 0) is 60.9 Å². The standard InChI is InChI=1S/C27H29N3O4S2/c1-19-16-20(2)25-24(17-19)35-27(30(25)14-15-34-4)28-26(31)22-10-12-23(13-11-22)36(32,33)29(3)18-21-8-6-5-7-9-21/h5-13,16-17H,14-15,18H2,1-4H3. The molecule has 0 aliphatic carbocycles. The van der Waals surface area contributed by atoms with Crippen LogP contribution >= 0.6 is 11.3 Å². The van der Waals surface area contributed by atoms with Crippen molar-refractivity contribution in [2.24, 2.45) is 4.99 Å². The third-order valence-corrected chi connectivity index (χ3v) is 8.73. The van der Waals surface area contributed by atoms with E-state index in [1.165, 1.54) is 39.9 Å². The minimum absolute atomic E-state index is 0.126. The first-order valence-corrected chi connectivity index (χ1v) is 13.8. The van der Waals surface area contributed by atoms with E-state index in [0.717, 1.165) is 26.9 Å². The minimum atomic E-state index is -3.71. The number of carbonyl (C=O) groups is 1. The van der Waals surface area contributed by atoms with Crippen molar-refractivity contribution >= 4 is 37.5 Å². The molecule has 1 heterocycles. The third kappa shape index (κ3) is 5.49. The normalized spacial score (nSPS) is 12.5. The Morgan fingerprint density at radius 1 is 1.06 bits per heavy atom. The van der Waals surface area contributed by atoms with Gasteiger partial charge in [0.2, 0.25) is 10.0 Å². The van der Waals surface area contributed by atoms with E-state index >= 15 is 0 Å². The van der Waals surface area contributed by atoms with Gasteiger partial charge in [-0.15, -0.1) is 0 Å². The first-order valence-electron chi connectivity index (χ1n) is 11.5. The van der Waals surface area contributed by atoms with Crippen molar-refractivity contribution in [1.82, 2.24) is 8.87 Å². The van der Waals surface area contributed by atoms with Crippen LogP contribution in [-0.4, -0.2) is 44.0 Å². The van der Waals surface area contributed by atoms with Gasteiger partial charge < -0.3 is 9.30 Å². The van der Waals surface area contributed by atoms with Gasteiger partial charge in [0, 0.05) is 32.8 Å². The maximum Gasteiger partial charge on any atom is 0.279 e. The molecule has 0 aliphatic rings. The summed E-state index contributed by atoms with van der Waals surface area (Å²) in [6.45, 7) is 5.40. The molecule has 9 heteroatoms. The van der Waals surface area contributed by atoms with E-state index < -0.39 is 15.9 Å². The van der Waals surface area contributed by atoms with Gasteiger partial charge in [0.25, 0.3) is 5.91 Å². The molecule has 0 saturated heterocycles. The van der Waals surface area contributed by atoms with Crippen molar-refractivity contribution in [2.75, 3.05) is 20.8 Å². The summed E-state index contributed by atoms with van der Waals surface area (Å²) in [6, 6.07) is 19.5. The van der Waals surface area contributed by atoms with E-state index in [1.54, 1.807) is 14.2 Å². The van der Waals surface area contributed by atoms with E-state index in [0.29, 0.717) is 23.5 Å². The van der Waals surface area contributed by atoms with Crippen LogP contribution in [-0.2, 0) is 27.8 Å². The molecule has 0 aliphatic heterocycles. The van der Waals surface area contributed by atoms with E-state index in [2.05, 4.69) is 17.1 Å². The number of methoxy groups -OCH3 is 1. The summed E-state index contributed by atoms with van der Waals surface area (Å²) in [5.74, 6) is -0.427. The molecule has 0 spiro atoms. The lowest BCUT2D eigenvalue weighted by Crippen LogP contribution is -2.26. The molecule has 36 heavy (non-hydrogen) atoms. The lowest BCUT2D eigenvalue weighted by molar-refractivity contribution is 0.0997. The molecule has 7 nitrogen and oxygen atoms in total. The summed E-state index contributed by atoms with van der Waals surface area (Å²) in [7, 11) is -0.524. The molecule has 0 unspecified atom stereocenters. The molecule has 0 radical (unpaired) electrons. The van der Waals surface area contributed by atoms with Crippen LogP contribution < -0.4 is 4.80 Å². The van der Waals surface area contributed by atoms with Gasteiger partial charge in [0.15, 0.2) is 4.80 Å². The predicted octanol–water partition coefficient (Wildman–Crippen LogP) is 4.53. The van der Waals surface area contributed by atoms with Gasteiger partial charge in [-0.2, -0.15) is 9.30 Å². The average molecular weight is 524 g/mol. The van der Waals surface area contributed by atoms with Crippen molar-refractivity contribution in [3.63, 3.8) is 0 Å². The Labute approximate surface area is 215 Å². The Hall–Kier alpha value is -3.11. The summed E-state index contributed by atoms with van der Waals surface area (Å²) >= 11 is 1.46. The molecular weight excluding hydrogens is 494 g/mol.